The highest BCUT2D eigenvalue weighted by molar-refractivity contribution is 6.35. The Hall–Kier alpha value is -1.19. The van der Waals surface area contributed by atoms with Crippen molar-refractivity contribution in [3.63, 3.8) is 0 Å². The molecule has 0 saturated heterocycles. The van der Waals surface area contributed by atoms with E-state index in [0.29, 0.717) is 11.6 Å². The van der Waals surface area contributed by atoms with Crippen molar-refractivity contribution in [2.24, 2.45) is 5.73 Å². The van der Waals surface area contributed by atoms with Crippen LogP contribution < -0.4 is 5.73 Å². The van der Waals surface area contributed by atoms with Crippen molar-refractivity contribution >= 4 is 22.5 Å². The van der Waals surface area contributed by atoms with Gasteiger partial charge in [-0.15, -0.1) is 0 Å². The van der Waals surface area contributed by atoms with E-state index >= 15 is 0 Å². The Morgan fingerprint density at radius 1 is 1.43 bits per heavy atom. The summed E-state index contributed by atoms with van der Waals surface area (Å²) in [6.45, 7) is 0.587. The van der Waals surface area contributed by atoms with Crippen molar-refractivity contribution in [2.75, 3.05) is 6.54 Å². The normalized spacial score (nSPS) is 11.0. The Bertz CT molecular complexity index is 464. The van der Waals surface area contributed by atoms with Crippen LogP contribution in [-0.4, -0.2) is 16.6 Å². The number of phenolic OH excluding ortho intramolecular Hbond substituents is 1. The summed E-state index contributed by atoms with van der Waals surface area (Å²) in [5.41, 5.74) is 7.42. The quantitative estimate of drug-likeness (QED) is 0.710. The summed E-state index contributed by atoms with van der Waals surface area (Å²) in [4.78, 5) is 3.05. The summed E-state index contributed by atoms with van der Waals surface area (Å²) in [5.74, 6) is 0.170. The van der Waals surface area contributed by atoms with Gasteiger partial charge >= 0.3 is 0 Å². The molecule has 0 radical (unpaired) electrons. The molecule has 0 amide bonds. The maximum atomic E-state index is 9.32. The first-order valence-corrected chi connectivity index (χ1v) is 4.78. The molecule has 0 spiro atoms. The molecule has 0 bridgehead atoms. The standard InChI is InChI=1S/C10H11ClN2O/c11-8-3-7(14)4-9-10(8)6(1-2-12)5-13-9/h3-5,13-14H,1-2,12H2. The number of halogens is 1. The molecule has 0 unspecified atom stereocenters. The lowest BCUT2D eigenvalue weighted by Crippen LogP contribution is -2.01. The van der Waals surface area contributed by atoms with E-state index in [4.69, 9.17) is 17.3 Å². The molecule has 0 atom stereocenters. The lowest BCUT2D eigenvalue weighted by molar-refractivity contribution is 0.476. The summed E-state index contributed by atoms with van der Waals surface area (Å²) >= 11 is 6.02. The van der Waals surface area contributed by atoms with E-state index in [0.717, 1.165) is 22.9 Å². The van der Waals surface area contributed by atoms with Crippen molar-refractivity contribution in [3.05, 3.63) is 28.9 Å². The largest absolute Gasteiger partial charge is 0.508 e. The molecule has 0 aliphatic rings. The number of hydrogen-bond donors (Lipinski definition) is 3. The second-order valence-corrected chi connectivity index (χ2v) is 3.61. The first-order chi connectivity index (χ1) is 6.72. The molecule has 2 rings (SSSR count). The first-order valence-electron chi connectivity index (χ1n) is 4.41. The summed E-state index contributed by atoms with van der Waals surface area (Å²) < 4.78 is 0. The van der Waals surface area contributed by atoms with Crippen LogP contribution in [-0.2, 0) is 6.42 Å². The fourth-order valence-corrected chi connectivity index (χ4v) is 1.96. The van der Waals surface area contributed by atoms with Gasteiger partial charge in [0.15, 0.2) is 0 Å². The second-order valence-electron chi connectivity index (χ2n) is 3.20. The van der Waals surface area contributed by atoms with E-state index < -0.39 is 0 Å². The van der Waals surface area contributed by atoms with Gasteiger partial charge in [-0.3, -0.25) is 0 Å². The number of aromatic hydroxyl groups is 1. The molecule has 1 aromatic carbocycles. The monoisotopic (exact) mass is 210 g/mol. The van der Waals surface area contributed by atoms with E-state index in [-0.39, 0.29) is 5.75 Å². The number of phenols is 1. The van der Waals surface area contributed by atoms with E-state index in [9.17, 15) is 5.11 Å². The zero-order valence-corrected chi connectivity index (χ0v) is 8.30. The number of aromatic nitrogens is 1. The Morgan fingerprint density at radius 2 is 2.21 bits per heavy atom. The maximum absolute atomic E-state index is 9.32. The fourth-order valence-electron chi connectivity index (χ4n) is 1.62. The highest BCUT2D eigenvalue weighted by Gasteiger charge is 2.08. The Labute approximate surface area is 86.5 Å². The van der Waals surface area contributed by atoms with Gasteiger partial charge in [-0.05, 0) is 24.6 Å². The third kappa shape index (κ3) is 1.45. The SMILES string of the molecule is NCCc1c[nH]c2cc(O)cc(Cl)c12. The maximum Gasteiger partial charge on any atom is 0.119 e. The lowest BCUT2D eigenvalue weighted by atomic mass is 10.1. The summed E-state index contributed by atoms with van der Waals surface area (Å²) in [5, 5.41) is 10.8. The number of benzene rings is 1. The minimum absolute atomic E-state index is 0.170. The van der Waals surface area contributed by atoms with Gasteiger partial charge in [0.05, 0.1) is 10.5 Å². The fraction of sp³-hybridized carbons (Fsp3) is 0.200. The zero-order valence-electron chi connectivity index (χ0n) is 7.55. The van der Waals surface area contributed by atoms with Gasteiger partial charge < -0.3 is 15.8 Å². The summed E-state index contributed by atoms with van der Waals surface area (Å²) in [6, 6.07) is 3.19. The molecule has 1 aromatic heterocycles. The summed E-state index contributed by atoms with van der Waals surface area (Å²) in [7, 11) is 0. The van der Waals surface area contributed by atoms with Crippen LogP contribution in [0.5, 0.6) is 5.75 Å². The number of nitrogens with two attached hydrogens (primary N) is 1. The van der Waals surface area contributed by atoms with Crippen LogP contribution in [0, 0.1) is 0 Å². The molecule has 4 N–H and O–H groups in total. The molecule has 3 nitrogen and oxygen atoms in total. The van der Waals surface area contributed by atoms with Crippen molar-refractivity contribution in [1.82, 2.24) is 4.98 Å². The summed E-state index contributed by atoms with van der Waals surface area (Å²) in [6.07, 6.45) is 2.66. The van der Waals surface area contributed by atoms with Crippen molar-refractivity contribution in [3.8, 4) is 5.75 Å². The van der Waals surface area contributed by atoms with Crippen LogP contribution in [0.3, 0.4) is 0 Å². The molecule has 0 fully saturated rings. The number of aromatic amines is 1. The predicted molar refractivity (Wildman–Crippen MR) is 57.7 cm³/mol. The molecule has 74 valence electrons. The van der Waals surface area contributed by atoms with Gasteiger partial charge in [-0.25, -0.2) is 0 Å². The van der Waals surface area contributed by atoms with Crippen LogP contribution >= 0.6 is 11.6 Å². The number of hydrogen-bond acceptors (Lipinski definition) is 2. The molecule has 0 aliphatic heterocycles. The number of rotatable bonds is 2. The molecule has 2 aromatic rings. The van der Waals surface area contributed by atoms with E-state index in [1.54, 1.807) is 6.07 Å². The van der Waals surface area contributed by atoms with Gasteiger partial charge in [-0.1, -0.05) is 11.6 Å². The lowest BCUT2D eigenvalue weighted by Gasteiger charge is -1.99. The number of fused-ring (bicyclic) bond motifs is 1. The Balaban J connectivity index is 2.66. The third-order valence-corrected chi connectivity index (χ3v) is 2.51. The van der Waals surface area contributed by atoms with Crippen LogP contribution in [0.4, 0.5) is 0 Å². The average molecular weight is 211 g/mol. The van der Waals surface area contributed by atoms with Crippen LogP contribution in [0.25, 0.3) is 10.9 Å². The predicted octanol–water partition coefficient (Wildman–Crippen LogP) is 2.03. The molecule has 0 aliphatic carbocycles. The second kappa shape index (κ2) is 3.52. The van der Waals surface area contributed by atoms with Gasteiger partial charge in [-0.2, -0.15) is 0 Å². The highest BCUT2D eigenvalue weighted by Crippen LogP contribution is 2.30. The molecule has 4 heteroatoms. The van der Waals surface area contributed by atoms with Crippen molar-refractivity contribution in [1.29, 1.82) is 0 Å². The van der Waals surface area contributed by atoms with Gasteiger partial charge in [0, 0.05) is 17.6 Å². The van der Waals surface area contributed by atoms with Crippen molar-refractivity contribution < 1.29 is 5.11 Å². The zero-order chi connectivity index (χ0) is 10.1. The average Bonchev–Trinajstić information content (AvgIpc) is 2.49. The van der Waals surface area contributed by atoms with Crippen LogP contribution in [0.1, 0.15) is 5.56 Å². The van der Waals surface area contributed by atoms with Gasteiger partial charge in [0.1, 0.15) is 5.75 Å². The molecule has 0 saturated carbocycles. The van der Waals surface area contributed by atoms with E-state index in [1.165, 1.54) is 6.07 Å². The third-order valence-electron chi connectivity index (χ3n) is 2.21. The van der Waals surface area contributed by atoms with Crippen LogP contribution in [0.15, 0.2) is 18.3 Å². The molecular formula is C10H11ClN2O. The smallest absolute Gasteiger partial charge is 0.119 e. The molecule has 1 heterocycles. The van der Waals surface area contributed by atoms with Crippen molar-refractivity contribution in [2.45, 2.75) is 6.42 Å². The van der Waals surface area contributed by atoms with Gasteiger partial charge in [0.25, 0.3) is 0 Å². The topological polar surface area (TPSA) is 62.0 Å². The number of H-pyrrole nitrogens is 1. The van der Waals surface area contributed by atoms with E-state index in [2.05, 4.69) is 4.98 Å². The minimum Gasteiger partial charge on any atom is -0.508 e. The number of nitrogens with one attached hydrogen (secondary N) is 1. The van der Waals surface area contributed by atoms with Gasteiger partial charge in [0.2, 0.25) is 0 Å². The first kappa shape index (κ1) is 9.37. The Kier molecular flexibility index (Phi) is 2.35. The Morgan fingerprint density at radius 3 is 2.93 bits per heavy atom. The van der Waals surface area contributed by atoms with Crippen LogP contribution in [0.2, 0.25) is 5.02 Å². The highest BCUT2D eigenvalue weighted by atomic mass is 35.5. The molecular weight excluding hydrogens is 200 g/mol. The molecule has 14 heavy (non-hydrogen) atoms. The van der Waals surface area contributed by atoms with E-state index in [1.807, 2.05) is 6.20 Å². The minimum atomic E-state index is 0.170.